The van der Waals surface area contributed by atoms with E-state index in [1.54, 1.807) is 12.5 Å². The van der Waals surface area contributed by atoms with Crippen LogP contribution in [0.1, 0.15) is 22.8 Å². The highest BCUT2D eigenvalue weighted by Crippen LogP contribution is 2.31. The summed E-state index contributed by atoms with van der Waals surface area (Å²) in [6.45, 7) is 4.25. The first-order valence-electron chi connectivity index (χ1n) is 9.01. The number of rotatable bonds is 5. The van der Waals surface area contributed by atoms with Gasteiger partial charge in [0, 0.05) is 36.7 Å². The molecule has 6 nitrogen and oxygen atoms in total. The van der Waals surface area contributed by atoms with Gasteiger partial charge in [-0.05, 0) is 48.9 Å². The summed E-state index contributed by atoms with van der Waals surface area (Å²) < 4.78 is 13.1. The Morgan fingerprint density at radius 1 is 1.11 bits per heavy atom. The highest BCUT2D eigenvalue weighted by molar-refractivity contribution is 5.94. The minimum Gasteiger partial charge on any atom is -0.486 e. The third kappa shape index (κ3) is 3.65. The number of amides is 1. The Bertz CT molecular complexity index is 920. The second kappa shape index (κ2) is 7.53. The van der Waals surface area contributed by atoms with Crippen molar-refractivity contribution in [2.24, 2.45) is 0 Å². The number of carbonyl (C=O) groups excluding carboxylic acids is 1. The molecule has 4 rings (SSSR count). The van der Waals surface area contributed by atoms with Crippen molar-refractivity contribution in [2.75, 3.05) is 19.8 Å². The van der Waals surface area contributed by atoms with Gasteiger partial charge < -0.3 is 18.9 Å². The summed E-state index contributed by atoms with van der Waals surface area (Å²) in [5.41, 5.74) is 2.65. The van der Waals surface area contributed by atoms with Gasteiger partial charge in [-0.25, -0.2) is 4.98 Å². The zero-order chi connectivity index (χ0) is 18.6. The molecule has 2 aromatic carbocycles. The first-order valence-corrected chi connectivity index (χ1v) is 9.01. The van der Waals surface area contributed by atoms with Crippen molar-refractivity contribution in [1.29, 1.82) is 0 Å². The molecule has 0 saturated carbocycles. The standard InChI is InChI=1S/C21H21N3O3/c1-2-23(14-16-3-8-19-20(13-16)27-12-11-26-19)21(25)17-4-6-18(7-5-17)24-10-9-22-15-24/h3-10,13,15H,2,11-12,14H2,1H3. The molecule has 0 radical (unpaired) electrons. The summed E-state index contributed by atoms with van der Waals surface area (Å²) in [5, 5.41) is 0. The minimum absolute atomic E-state index is 0.00423. The fourth-order valence-corrected chi connectivity index (χ4v) is 3.10. The molecule has 0 N–H and O–H groups in total. The maximum atomic E-state index is 12.9. The molecule has 0 unspecified atom stereocenters. The van der Waals surface area contributed by atoms with Crippen molar-refractivity contribution < 1.29 is 14.3 Å². The molecule has 0 aliphatic carbocycles. The van der Waals surface area contributed by atoms with Crippen LogP contribution in [0.3, 0.4) is 0 Å². The SMILES string of the molecule is CCN(Cc1ccc2c(c1)OCCO2)C(=O)c1ccc(-n2ccnc2)cc1. The predicted molar refractivity (Wildman–Crippen MR) is 101 cm³/mol. The molecule has 138 valence electrons. The predicted octanol–water partition coefficient (Wildman–Crippen LogP) is 3.31. The van der Waals surface area contributed by atoms with E-state index in [2.05, 4.69) is 4.98 Å². The van der Waals surface area contributed by atoms with Crippen LogP contribution < -0.4 is 9.47 Å². The Balaban J connectivity index is 1.49. The Labute approximate surface area is 158 Å². The summed E-state index contributed by atoms with van der Waals surface area (Å²) in [5.74, 6) is 1.51. The lowest BCUT2D eigenvalue weighted by Gasteiger charge is -2.23. The van der Waals surface area contributed by atoms with E-state index in [1.807, 2.05) is 65.1 Å². The van der Waals surface area contributed by atoms with E-state index in [-0.39, 0.29) is 5.91 Å². The van der Waals surface area contributed by atoms with E-state index in [4.69, 9.17) is 9.47 Å². The van der Waals surface area contributed by atoms with Crippen LogP contribution >= 0.6 is 0 Å². The molecule has 0 spiro atoms. The number of aromatic nitrogens is 2. The quantitative estimate of drug-likeness (QED) is 0.698. The van der Waals surface area contributed by atoms with Gasteiger partial charge in [0.25, 0.3) is 5.91 Å². The van der Waals surface area contributed by atoms with Crippen LogP contribution in [-0.4, -0.2) is 40.1 Å². The van der Waals surface area contributed by atoms with Crippen molar-refractivity contribution in [1.82, 2.24) is 14.5 Å². The Kier molecular flexibility index (Phi) is 4.78. The Morgan fingerprint density at radius 2 is 1.89 bits per heavy atom. The molecular formula is C21H21N3O3. The molecule has 0 saturated heterocycles. The zero-order valence-corrected chi connectivity index (χ0v) is 15.2. The van der Waals surface area contributed by atoms with Crippen LogP contribution in [0, 0.1) is 0 Å². The van der Waals surface area contributed by atoms with Gasteiger partial charge >= 0.3 is 0 Å². The first-order chi connectivity index (χ1) is 13.2. The molecule has 1 amide bonds. The maximum Gasteiger partial charge on any atom is 0.254 e. The monoisotopic (exact) mass is 363 g/mol. The lowest BCUT2D eigenvalue weighted by Crippen LogP contribution is -2.30. The van der Waals surface area contributed by atoms with Gasteiger partial charge in [-0.3, -0.25) is 4.79 Å². The van der Waals surface area contributed by atoms with Gasteiger partial charge in [-0.1, -0.05) is 6.07 Å². The lowest BCUT2D eigenvalue weighted by molar-refractivity contribution is 0.0752. The van der Waals surface area contributed by atoms with E-state index in [1.165, 1.54) is 0 Å². The van der Waals surface area contributed by atoms with Gasteiger partial charge in [0.05, 0.1) is 6.33 Å². The summed E-state index contributed by atoms with van der Waals surface area (Å²) in [7, 11) is 0. The largest absolute Gasteiger partial charge is 0.486 e. The molecule has 0 bridgehead atoms. The van der Waals surface area contributed by atoms with Gasteiger partial charge in [0.1, 0.15) is 13.2 Å². The summed E-state index contributed by atoms with van der Waals surface area (Å²) >= 11 is 0. The molecule has 0 fully saturated rings. The smallest absolute Gasteiger partial charge is 0.254 e. The second-order valence-corrected chi connectivity index (χ2v) is 6.31. The van der Waals surface area contributed by atoms with Crippen LogP contribution in [0.2, 0.25) is 0 Å². The van der Waals surface area contributed by atoms with Crippen molar-refractivity contribution in [2.45, 2.75) is 13.5 Å². The number of hydrogen-bond donors (Lipinski definition) is 0. The summed E-state index contributed by atoms with van der Waals surface area (Å²) in [4.78, 5) is 18.8. The molecule has 3 aromatic rings. The van der Waals surface area contributed by atoms with Crippen LogP contribution in [0.4, 0.5) is 0 Å². The number of carbonyl (C=O) groups is 1. The Hall–Kier alpha value is -3.28. The number of nitrogens with zero attached hydrogens (tertiary/aromatic N) is 3. The van der Waals surface area contributed by atoms with E-state index in [0.717, 1.165) is 22.7 Å². The maximum absolute atomic E-state index is 12.9. The lowest BCUT2D eigenvalue weighted by atomic mass is 10.1. The van der Waals surface area contributed by atoms with Crippen molar-refractivity contribution >= 4 is 5.91 Å². The first kappa shape index (κ1) is 17.1. The molecular weight excluding hydrogens is 342 g/mol. The number of ether oxygens (including phenoxy) is 2. The molecule has 27 heavy (non-hydrogen) atoms. The highest BCUT2D eigenvalue weighted by atomic mass is 16.6. The van der Waals surface area contributed by atoms with Crippen LogP contribution in [0.5, 0.6) is 11.5 Å². The van der Waals surface area contributed by atoms with Gasteiger partial charge in [-0.2, -0.15) is 0 Å². The van der Waals surface area contributed by atoms with Crippen LogP contribution in [-0.2, 0) is 6.54 Å². The Morgan fingerprint density at radius 3 is 2.59 bits per heavy atom. The van der Waals surface area contributed by atoms with Gasteiger partial charge in [0.2, 0.25) is 0 Å². The van der Waals surface area contributed by atoms with E-state index in [0.29, 0.717) is 31.9 Å². The molecule has 0 atom stereocenters. The van der Waals surface area contributed by atoms with Gasteiger partial charge in [-0.15, -0.1) is 0 Å². The zero-order valence-electron chi connectivity index (χ0n) is 15.2. The van der Waals surface area contributed by atoms with Crippen LogP contribution in [0.15, 0.2) is 61.2 Å². The topological polar surface area (TPSA) is 56.6 Å². The molecule has 2 heterocycles. The third-order valence-corrected chi connectivity index (χ3v) is 4.57. The van der Waals surface area contributed by atoms with Crippen molar-refractivity contribution in [3.05, 3.63) is 72.3 Å². The fourth-order valence-electron chi connectivity index (χ4n) is 3.10. The van der Waals surface area contributed by atoms with Crippen molar-refractivity contribution in [3.63, 3.8) is 0 Å². The van der Waals surface area contributed by atoms with E-state index in [9.17, 15) is 4.79 Å². The van der Waals surface area contributed by atoms with Crippen LogP contribution in [0.25, 0.3) is 5.69 Å². The van der Waals surface area contributed by atoms with E-state index < -0.39 is 0 Å². The second-order valence-electron chi connectivity index (χ2n) is 6.31. The molecule has 6 heteroatoms. The molecule has 1 aliphatic heterocycles. The number of hydrogen-bond acceptors (Lipinski definition) is 4. The molecule has 1 aliphatic rings. The average Bonchev–Trinajstić information content (AvgIpc) is 3.26. The van der Waals surface area contributed by atoms with Gasteiger partial charge in [0.15, 0.2) is 11.5 Å². The summed E-state index contributed by atoms with van der Waals surface area (Å²) in [6, 6.07) is 13.4. The normalized spacial score (nSPS) is 12.6. The average molecular weight is 363 g/mol. The van der Waals surface area contributed by atoms with Crippen molar-refractivity contribution in [3.8, 4) is 17.2 Å². The third-order valence-electron chi connectivity index (χ3n) is 4.57. The minimum atomic E-state index is 0.00423. The number of imidazole rings is 1. The number of benzene rings is 2. The molecule has 1 aromatic heterocycles. The highest BCUT2D eigenvalue weighted by Gasteiger charge is 2.17. The number of fused-ring (bicyclic) bond motifs is 1. The van der Waals surface area contributed by atoms with E-state index >= 15 is 0 Å². The summed E-state index contributed by atoms with van der Waals surface area (Å²) in [6.07, 6.45) is 5.33. The fraction of sp³-hybridized carbons (Fsp3) is 0.238.